The fourth-order valence-electron chi connectivity index (χ4n) is 5.30. The SMILES string of the molecule is C[C@H]1[C@@H](CSc2nccn2C)O[C@@H](c2ccc(CN3C(=O)c4ccccc4C3=O)cc2)O[C@H]1c1ccc(CO)cc1. The van der Waals surface area contributed by atoms with E-state index < -0.39 is 6.29 Å². The zero-order valence-corrected chi connectivity index (χ0v) is 23.7. The van der Waals surface area contributed by atoms with E-state index in [4.69, 9.17) is 9.47 Å². The minimum Gasteiger partial charge on any atom is -0.392 e. The molecular formula is C32H31N3O5S. The Hall–Kier alpha value is -3.76. The fourth-order valence-corrected chi connectivity index (χ4v) is 6.40. The molecule has 2 amide bonds. The molecule has 2 aliphatic heterocycles. The van der Waals surface area contributed by atoms with Crippen molar-refractivity contribution in [2.45, 2.75) is 43.7 Å². The largest absolute Gasteiger partial charge is 0.392 e. The maximum atomic E-state index is 12.8. The average Bonchev–Trinajstić information content (AvgIpc) is 3.53. The molecule has 210 valence electrons. The summed E-state index contributed by atoms with van der Waals surface area (Å²) in [6, 6.07) is 22.4. The van der Waals surface area contributed by atoms with Gasteiger partial charge in [0.1, 0.15) is 0 Å². The lowest BCUT2D eigenvalue weighted by Crippen LogP contribution is -2.38. The van der Waals surface area contributed by atoms with Crippen LogP contribution in [0.2, 0.25) is 0 Å². The van der Waals surface area contributed by atoms with Gasteiger partial charge in [-0.1, -0.05) is 79.3 Å². The van der Waals surface area contributed by atoms with E-state index in [1.54, 1.807) is 42.2 Å². The number of benzene rings is 3. The number of aliphatic hydroxyl groups excluding tert-OH is 1. The standard InChI is InChI=1S/C32H31N3O5S/c1-20-27(19-41-32-33-15-16-34(32)2)39-31(40-28(20)23-11-9-22(18-36)10-12-23)24-13-7-21(8-14-24)17-35-29(37)25-5-3-4-6-26(25)30(35)38/h3-16,20,27-28,31,36H,17-19H2,1-2H3/t20-,27+,28+,31+/m0/s1. The van der Waals surface area contributed by atoms with Crippen molar-refractivity contribution in [3.63, 3.8) is 0 Å². The average molecular weight is 570 g/mol. The number of aliphatic hydroxyl groups is 1. The first-order valence-electron chi connectivity index (χ1n) is 13.6. The van der Waals surface area contributed by atoms with Crippen molar-refractivity contribution in [3.8, 4) is 0 Å². The van der Waals surface area contributed by atoms with Gasteiger partial charge in [0.15, 0.2) is 11.4 Å². The number of carbonyl (C=O) groups is 2. The number of rotatable bonds is 8. The lowest BCUT2D eigenvalue weighted by Gasteiger charge is -2.41. The molecule has 0 saturated carbocycles. The number of ether oxygens (including phenoxy) is 2. The summed E-state index contributed by atoms with van der Waals surface area (Å²) < 4.78 is 15.1. The molecule has 0 spiro atoms. The Morgan fingerprint density at radius 2 is 1.51 bits per heavy atom. The molecule has 1 saturated heterocycles. The van der Waals surface area contributed by atoms with Crippen molar-refractivity contribution in [2.75, 3.05) is 5.75 Å². The van der Waals surface area contributed by atoms with Gasteiger partial charge in [0, 0.05) is 36.7 Å². The number of hydrogen-bond acceptors (Lipinski definition) is 7. The molecule has 41 heavy (non-hydrogen) atoms. The zero-order chi connectivity index (χ0) is 28.5. The number of nitrogens with zero attached hydrogens (tertiary/aromatic N) is 3. The van der Waals surface area contributed by atoms with E-state index in [1.165, 1.54) is 4.90 Å². The van der Waals surface area contributed by atoms with E-state index in [0.717, 1.165) is 27.4 Å². The summed E-state index contributed by atoms with van der Waals surface area (Å²) in [5.41, 5.74) is 4.45. The molecule has 3 heterocycles. The normalized spacial score (nSPS) is 22.3. The van der Waals surface area contributed by atoms with Crippen LogP contribution in [0.4, 0.5) is 0 Å². The summed E-state index contributed by atoms with van der Waals surface area (Å²) in [5.74, 6) is 0.220. The van der Waals surface area contributed by atoms with Crippen LogP contribution in [0.15, 0.2) is 90.3 Å². The van der Waals surface area contributed by atoms with Crippen LogP contribution in [-0.4, -0.2) is 43.2 Å². The molecule has 1 aromatic heterocycles. The van der Waals surface area contributed by atoms with Gasteiger partial charge in [-0.15, -0.1) is 0 Å². The highest BCUT2D eigenvalue weighted by molar-refractivity contribution is 7.99. The summed E-state index contributed by atoms with van der Waals surface area (Å²) >= 11 is 1.65. The van der Waals surface area contributed by atoms with Crippen LogP contribution >= 0.6 is 11.8 Å². The summed E-state index contributed by atoms with van der Waals surface area (Å²) in [6.45, 7) is 2.32. The number of aryl methyl sites for hydroxylation is 1. The van der Waals surface area contributed by atoms with Gasteiger partial charge in [-0.25, -0.2) is 4.98 Å². The minimum atomic E-state index is -0.603. The van der Waals surface area contributed by atoms with E-state index in [-0.39, 0.29) is 43.1 Å². The van der Waals surface area contributed by atoms with Crippen molar-refractivity contribution in [3.05, 3.63) is 119 Å². The molecule has 2 aliphatic rings. The van der Waals surface area contributed by atoms with Gasteiger partial charge < -0.3 is 19.1 Å². The molecule has 8 nitrogen and oxygen atoms in total. The van der Waals surface area contributed by atoms with Crippen LogP contribution in [0.1, 0.15) is 62.3 Å². The molecule has 0 unspecified atom stereocenters. The Kier molecular flexibility index (Phi) is 7.77. The van der Waals surface area contributed by atoms with Crippen LogP contribution in [0.5, 0.6) is 0 Å². The molecular weight excluding hydrogens is 538 g/mol. The summed E-state index contributed by atoms with van der Waals surface area (Å²) in [7, 11) is 1.97. The number of thioether (sulfide) groups is 1. The quantitative estimate of drug-likeness (QED) is 0.228. The molecule has 4 atom stereocenters. The molecule has 0 bridgehead atoms. The molecule has 1 fully saturated rings. The van der Waals surface area contributed by atoms with Crippen molar-refractivity contribution < 1.29 is 24.2 Å². The van der Waals surface area contributed by atoms with E-state index >= 15 is 0 Å². The van der Waals surface area contributed by atoms with Crippen LogP contribution in [0.3, 0.4) is 0 Å². The lowest BCUT2D eigenvalue weighted by molar-refractivity contribution is -0.268. The first-order valence-corrected chi connectivity index (χ1v) is 14.6. The van der Waals surface area contributed by atoms with Crippen molar-refractivity contribution in [1.82, 2.24) is 14.5 Å². The van der Waals surface area contributed by atoms with Gasteiger partial charge in [0.2, 0.25) is 0 Å². The number of fused-ring (bicyclic) bond motifs is 1. The van der Waals surface area contributed by atoms with Crippen molar-refractivity contribution in [1.29, 1.82) is 0 Å². The third-order valence-corrected chi connectivity index (χ3v) is 8.89. The van der Waals surface area contributed by atoms with Crippen molar-refractivity contribution in [2.24, 2.45) is 13.0 Å². The number of aromatic nitrogens is 2. The monoisotopic (exact) mass is 569 g/mol. The molecule has 9 heteroatoms. The highest BCUT2D eigenvalue weighted by atomic mass is 32.2. The smallest absolute Gasteiger partial charge is 0.261 e. The van der Waals surface area contributed by atoms with E-state index in [9.17, 15) is 14.7 Å². The predicted octanol–water partition coefficient (Wildman–Crippen LogP) is 5.29. The Morgan fingerprint density at radius 1 is 0.878 bits per heavy atom. The van der Waals surface area contributed by atoms with Gasteiger partial charge >= 0.3 is 0 Å². The molecule has 0 aliphatic carbocycles. The first kappa shape index (κ1) is 27.4. The first-order chi connectivity index (χ1) is 19.9. The van der Waals surface area contributed by atoms with E-state index in [1.807, 2.05) is 66.3 Å². The Morgan fingerprint density at radius 3 is 2.12 bits per heavy atom. The van der Waals surface area contributed by atoms with Gasteiger partial charge in [0.05, 0.1) is 36.5 Å². The molecule has 3 aromatic carbocycles. The van der Waals surface area contributed by atoms with Crippen LogP contribution in [0, 0.1) is 5.92 Å². The third-order valence-electron chi connectivity index (χ3n) is 7.75. The highest BCUT2D eigenvalue weighted by Gasteiger charge is 2.39. The van der Waals surface area contributed by atoms with Crippen LogP contribution in [0.25, 0.3) is 0 Å². The highest BCUT2D eigenvalue weighted by Crippen LogP contribution is 2.43. The number of hydrogen-bond donors (Lipinski definition) is 1. The number of amides is 2. The number of carbonyl (C=O) groups excluding carboxylic acids is 2. The molecule has 4 aromatic rings. The van der Waals surface area contributed by atoms with Gasteiger partial charge in [-0.3, -0.25) is 14.5 Å². The second-order valence-electron chi connectivity index (χ2n) is 10.4. The van der Waals surface area contributed by atoms with Crippen LogP contribution in [-0.2, 0) is 29.7 Å². The third kappa shape index (κ3) is 5.46. The van der Waals surface area contributed by atoms with Crippen LogP contribution < -0.4 is 0 Å². The van der Waals surface area contributed by atoms with Gasteiger partial charge in [0.25, 0.3) is 11.8 Å². The zero-order valence-electron chi connectivity index (χ0n) is 22.8. The Labute approximate surface area is 242 Å². The second-order valence-corrected chi connectivity index (χ2v) is 11.4. The second kappa shape index (κ2) is 11.6. The maximum absolute atomic E-state index is 12.8. The summed E-state index contributed by atoms with van der Waals surface area (Å²) in [6.07, 6.45) is 2.78. The topological polar surface area (TPSA) is 93.9 Å². The number of imidazole rings is 1. The number of imide groups is 1. The predicted molar refractivity (Wildman–Crippen MR) is 154 cm³/mol. The van der Waals surface area contributed by atoms with Gasteiger partial charge in [-0.05, 0) is 28.8 Å². The summed E-state index contributed by atoms with van der Waals surface area (Å²) in [5, 5.41) is 10.4. The molecule has 1 N–H and O–H groups in total. The van der Waals surface area contributed by atoms with E-state index in [0.29, 0.717) is 16.9 Å². The molecule has 0 radical (unpaired) electrons. The minimum absolute atomic E-state index is 0.0108. The van der Waals surface area contributed by atoms with Crippen molar-refractivity contribution >= 4 is 23.6 Å². The molecule has 6 rings (SSSR count). The Balaban J connectivity index is 1.21. The Bertz CT molecular complexity index is 1520. The van der Waals surface area contributed by atoms with E-state index in [2.05, 4.69) is 11.9 Å². The fraction of sp³-hybridized carbons (Fsp3) is 0.281. The lowest BCUT2D eigenvalue weighted by atomic mass is 9.91. The summed E-state index contributed by atoms with van der Waals surface area (Å²) in [4.78, 5) is 31.4. The maximum Gasteiger partial charge on any atom is 0.261 e. The van der Waals surface area contributed by atoms with Gasteiger partial charge in [-0.2, -0.15) is 0 Å².